The Morgan fingerprint density at radius 3 is 1.91 bits per heavy atom. The number of esters is 1. The molecule has 5 N–H and O–H groups in total. The van der Waals surface area contributed by atoms with Gasteiger partial charge in [0.25, 0.3) is 0 Å². The highest BCUT2D eigenvalue weighted by Gasteiger charge is 2.15. The number of carbonyl (C=O) groups is 1. The van der Waals surface area contributed by atoms with Gasteiger partial charge in [0.2, 0.25) is 0 Å². The van der Waals surface area contributed by atoms with Gasteiger partial charge in [0.05, 0.1) is 45.2 Å². The summed E-state index contributed by atoms with van der Waals surface area (Å²) in [4.78, 5) is 16.1. The number of carbonyl (C=O) groups excluding carboxylic acids is 1. The lowest BCUT2D eigenvalue weighted by Gasteiger charge is -2.29. The number of rotatable bonds is 5. The molecule has 180 valence electrons. The predicted octanol–water partition coefficient (Wildman–Crippen LogP) is 1.88. The molecule has 2 aromatic rings. The predicted molar refractivity (Wildman–Crippen MR) is 130 cm³/mol. The third-order valence-electron chi connectivity index (χ3n) is 5.39. The van der Waals surface area contributed by atoms with Crippen LogP contribution in [0.15, 0.2) is 36.4 Å². The average Bonchev–Trinajstić information content (AvgIpc) is 2.85. The van der Waals surface area contributed by atoms with Crippen LogP contribution in [-0.2, 0) is 20.8 Å². The normalized spacial score (nSPS) is 16.1. The lowest BCUT2D eigenvalue weighted by atomic mass is 10.1. The summed E-state index contributed by atoms with van der Waals surface area (Å²) in [7, 11) is 0. The zero-order valence-corrected chi connectivity index (χ0v) is 19.2. The van der Waals surface area contributed by atoms with Crippen molar-refractivity contribution in [1.29, 1.82) is 0 Å². The third-order valence-corrected chi connectivity index (χ3v) is 5.39. The fourth-order valence-electron chi connectivity index (χ4n) is 3.77. The minimum Gasteiger partial charge on any atom is -0.462 e. The van der Waals surface area contributed by atoms with Crippen LogP contribution in [0.4, 0.5) is 22.7 Å². The number of hydrogen-bond donors (Lipinski definition) is 3. The average molecular weight is 459 g/mol. The number of nitrogen functional groups attached to an aromatic ring is 2. The molecule has 0 bridgehead atoms. The van der Waals surface area contributed by atoms with Crippen LogP contribution in [0.5, 0.6) is 0 Å². The van der Waals surface area contributed by atoms with E-state index >= 15 is 0 Å². The van der Waals surface area contributed by atoms with Crippen molar-refractivity contribution >= 4 is 28.7 Å². The first-order valence-corrected chi connectivity index (χ1v) is 11.2. The van der Waals surface area contributed by atoms with Crippen molar-refractivity contribution in [3.8, 4) is 0 Å². The van der Waals surface area contributed by atoms with Gasteiger partial charge in [-0.2, -0.15) is 0 Å². The maximum Gasteiger partial charge on any atom is 0.338 e. The topological polar surface area (TPSA) is 124 Å². The third kappa shape index (κ3) is 7.24. The molecule has 9 nitrogen and oxygen atoms in total. The maximum absolute atomic E-state index is 11.7. The van der Waals surface area contributed by atoms with Crippen LogP contribution >= 0.6 is 0 Å². The number of nitrogens with two attached hydrogens (primary N) is 2. The number of aliphatic hydroxyl groups excluding tert-OH is 1. The fraction of sp³-hybridized carbons (Fsp3) is 0.458. The van der Waals surface area contributed by atoms with Gasteiger partial charge in [-0.05, 0) is 48.9 Å². The van der Waals surface area contributed by atoms with Gasteiger partial charge in [-0.3, -0.25) is 0 Å². The number of benzene rings is 2. The number of hydrogen-bond acceptors (Lipinski definition) is 9. The molecule has 4 rings (SSSR count). The second-order valence-electron chi connectivity index (χ2n) is 7.82. The lowest BCUT2D eigenvalue weighted by molar-refractivity contribution is 0.0526. The molecule has 0 radical (unpaired) electrons. The summed E-state index contributed by atoms with van der Waals surface area (Å²) < 4.78 is 15.6. The summed E-state index contributed by atoms with van der Waals surface area (Å²) in [5.41, 5.74) is 16.2. The Hall–Kier alpha value is -3.01. The van der Waals surface area contributed by atoms with Crippen LogP contribution in [-0.4, -0.2) is 70.3 Å². The van der Waals surface area contributed by atoms with E-state index in [2.05, 4.69) is 9.80 Å². The Kier molecular flexibility index (Phi) is 9.17. The van der Waals surface area contributed by atoms with E-state index in [1.165, 1.54) is 0 Å². The maximum atomic E-state index is 11.7. The molecule has 0 atom stereocenters. The number of morpholine rings is 2. The van der Waals surface area contributed by atoms with Crippen molar-refractivity contribution in [2.75, 3.05) is 80.5 Å². The standard InChI is InChI=1S/C13H18N2O3.C11H16N2O2/c1-2-18-13(16)10-7-11(14)9-12(8-10)15-3-5-17-6-4-15;12-10-5-9(8-14)6-11(7-10)13-1-3-15-4-2-13/h7-9H,2-6,14H2,1H3;5-7,14H,1-4,8,12H2. The Morgan fingerprint density at radius 2 is 1.39 bits per heavy atom. The van der Waals surface area contributed by atoms with Crippen LogP contribution in [0, 0.1) is 0 Å². The Morgan fingerprint density at radius 1 is 0.879 bits per heavy atom. The van der Waals surface area contributed by atoms with Crippen LogP contribution < -0.4 is 21.3 Å². The first-order chi connectivity index (χ1) is 16.0. The van der Waals surface area contributed by atoms with Crippen molar-refractivity contribution in [3.63, 3.8) is 0 Å². The molecule has 0 saturated carbocycles. The van der Waals surface area contributed by atoms with Crippen molar-refractivity contribution < 1.29 is 24.1 Å². The summed E-state index contributed by atoms with van der Waals surface area (Å²) in [5.74, 6) is -0.334. The Balaban J connectivity index is 0.000000189. The van der Waals surface area contributed by atoms with Crippen molar-refractivity contribution in [2.45, 2.75) is 13.5 Å². The SMILES string of the molecule is CCOC(=O)c1cc(N)cc(N2CCOCC2)c1.Nc1cc(CO)cc(N2CCOCC2)c1. The van der Waals surface area contributed by atoms with E-state index in [1.54, 1.807) is 19.1 Å². The van der Waals surface area contributed by atoms with Crippen molar-refractivity contribution in [2.24, 2.45) is 0 Å². The van der Waals surface area contributed by atoms with E-state index in [9.17, 15) is 4.79 Å². The van der Waals surface area contributed by atoms with E-state index in [1.807, 2.05) is 24.3 Å². The monoisotopic (exact) mass is 458 g/mol. The molecule has 0 spiro atoms. The van der Waals surface area contributed by atoms with Gasteiger partial charge in [-0.1, -0.05) is 0 Å². The molecule has 2 saturated heterocycles. The largest absolute Gasteiger partial charge is 0.462 e. The fourth-order valence-corrected chi connectivity index (χ4v) is 3.77. The Labute approximate surface area is 194 Å². The summed E-state index contributed by atoms with van der Waals surface area (Å²) in [6.07, 6.45) is 0. The molecule has 2 heterocycles. The molecule has 0 aromatic heterocycles. The molecule has 0 unspecified atom stereocenters. The highest BCUT2D eigenvalue weighted by molar-refractivity contribution is 5.92. The van der Waals surface area contributed by atoms with Gasteiger partial charge >= 0.3 is 5.97 Å². The number of ether oxygens (including phenoxy) is 3. The molecular formula is C24H34N4O5. The van der Waals surface area contributed by atoms with Gasteiger partial charge in [-0.15, -0.1) is 0 Å². The molecule has 2 fully saturated rings. The van der Waals surface area contributed by atoms with E-state index < -0.39 is 0 Å². The molecule has 2 aromatic carbocycles. The molecule has 9 heteroatoms. The first kappa shape index (κ1) is 24.6. The highest BCUT2D eigenvalue weighted by atomic mass is 16.5. The van der Waals surface area contributed by atoms with Crippen molar-refractivity contribution in [3.05, 3.63) is 47.5 Å². The number of aliphatic hydroxyl groups is 1. The molecule has 2 aliphatic heterocycles. The minimum absolute atomic E-state index is 0.0301. The minimum atomic E-state index is -0.334. The lowest BCUT2D eigenvalue weighted by Crippen LogP contribution is -2.36. The van der Waals surface area contributed by atoms with Gasteiger partial charge in [0.15, 0.2) is 0 Å². The van der Waals surface area contributed by atoms with E-state index in [-0.39, 0.29) is 12.6 Å². The summed E-state index contributed by atoms with van der Waals surface area (Å²) in [6, 6.07) is 11.0. The second-order valence-corrected chi connectivity index (χ2v) is 7.82. The number of anilines is 4. The number of nitrogens with zero attached hydrogens (tertiary/aromatic N) is 2. The zero-order valence-electron chi connectivity index (χ0n) is 19.2. The van der Waals surface area contributed by atoms with Gasteiger partial charge < -0.3 is 40.6 Å². The first-order valence-electron chi connectivity index (χ1n) is 11.2. The van der Waals surface area contributed by atoms with Crippen molar-refractivity contribution in [1.82, 2.24) is 0 Å². The molecule has 0 aliphatic carbocycles. The summed E-state index contributed by atoms with van der Waals surface area (Å²) in [5, 5.41) is 9.09. The molecule has 33 heavy (non-hydrogen) atoms. The van der Waals surface area contributed by atoms with E-state index in [4.69, 9.17) is 30.8 Å². The van der Waals surface area contributed by atoms with Gasteiger partial charge in [-0.25, -0.2) is 4.79 Å². The summed E-state index contributed by atoms with van der Waals surface area (Å²) in [6.45, 7) is 8.47. The highest BCUT2D eigenvalue weighted by Crippen LogP contribution is 2.23. The van der Waals surface area contributed by atoms with Crippen LogP contribution in [0.1, 0.15) is 22.8 Å². The van der Waals surface area contributed by atoms with E-state index in [0.717, 1.165) is 56.3 Å². The molecule has 2 aliphatic rings. The Bertz CT molecular complexity index is 912. The van der Waals surface area contributed by atoms with E-state index in [0.29, 0.717) is 36.8 Å². The van der Waals surface area contributed by atoms with Crippen LogP contribution in [0.3, 0.4) is 0 Å². The zero-order chi connectivity index (χ0) is 23.6. The van der Waals surface area contributed by atoms with Gasteiger partial charge in [0, 0.05) is 48.9 Å². The molecule has 0 amide bonds. The van der Waals surface area contributed by atoms with Crippen LogP contribution in [0.2, 0.25) is 0 Å². The molecular weight excluding hydrogens is 424 g/mol. The quantitative estimate of drug-likeness (QED) is 0.455. The van der Waals surface area contributed by atoms with Crippen LogP contribution in [0.25, 0.3) is 0 Å². The second kappa shape index (κ2) is 12.3. The summed E-state index contributed by atoms with van der Waals surface area (Å²) >= 11 is 0. The smallest absolute Gasteiger partial charge is 0.338 e. The van der Waals surface area contributed by atoms with Gasteiger partial charge in [0.1, 0.15) is 0 Å².